The molecule has 0 amide bonds. The second-order valence-electron chi connectivity index (χ2n) is 4.18. The van der Waals surface area contributed by atoms with Crippen molar-refractivity contribution >= 4 is 17.1 Å². The van der Waals surface area contributed by atoms with Crippen LogP contribution in [0.15, 0.2) is 52.7 Å². The predicted octanol–water partition coefficient (Wildman–Crippen LogP) is 3.13. The summed E-state index contributed by atoms with van der Waals surface area (Å²) in [6.45, 7) is 1.66. The van der Waals surface area contributed by atoms with Crippen LogP contribution in [0.5, 0.6) is 0 Å². The third kappa shape index (κ3) is 1.37. The van der Waals surface area contributed by atoms with Gasteiger partial charge in [-0.05, 0) is 19.1 Å². The lowest BCUT2D eigenvalue weighted by molar-refractivity contribution is 0.0990. The van der Waals surface area contributed by atoms with Crippen LogP contribution < -0.4 is 0 Å². The van der Waals surface area contributed by atoms with Gasteiger partial charge in [0.2, 0.25) is 0 Å². The Morgan fingerprint density at radius 1 is 0.889 bits per heavy atom. The molecule has 3 nitrogen and oxygen atoms in total. The molecule has 1 aromatic carbocycles. The normalized spacial score (nSPS) is 14.9. The van der Waals surface area contributed by atoms with Gasteiger partial charge in [-0.2, -0.15) is 0 Å². The summed E-state index contributed by atoms with van der Waals surface area (Å²) in [6.07, 6.45) is 1.49. The Labute approximate surface area is 104 Å². The van der Waals surface area contributed by atoms with Crippen molar-refractivity contribution in [3.63, 3.8) is 0 Å². The van der Waals surface area contributed by atoms with E-state index in [2.05, 4.69) is 0 Å². The van der Waals surface area contributed by atoms with Gasteiger partial charge in [-0.25, -0.2) is 0 Å². The van der Waals surface area contributed by atoms with Crippen LogP contribution in [0.2, 0.25) is 0 Å². The molecule has 3 rings (SSSR count). The first kappa shape index (κ1) is 10.7. The zero-order valence-corrected chi connectivity index (χ0v) is 9.77. The number of hydrogen-bond donors (Lipinski definition) is 0. The number of hydrogen-bond acceptors (Lipinski definition) is 3. The number of allylic oxidation sites excluding steroid dienone is 2. The molecule has 1 aliphatic rings. The molecule has 0 unspecified atom stereocenters. The van der Waals surface area contributed by atoms with Crippen molar-refractivity contribution in [1.82, 2.24) is 0 Å². The molecule has 0 aliphatic heterocycles. The van der Waals surface area contributed by atoms with Crippen molar-refractivity contribution < 1.29 is 14.0 Å². The summed E-state index contributed by atoms with van der Waals surface area (Å²) in [6, 6.07) is 10.3. The summed E-state index contributed by atoms with van der Waals surface area (Å²) < 4.78 is 5.25. The molecule has 0 fully saturated rings. The van der Waals surface area contributed by atoms with E-state index in [1.807, 2.05) is 0 Å². The molecular weight excluding hydrogens is 228 g/mol. The van der Waals surface area contributed by atoms with E-state index < -0.39 is 0 Å². The smallest absolute Gasteiger partial charge is 0.197 e. The highest BCUT2D eigenvalue weighted by Crippen LogP contribution is 2.32. The summed E-state index contributed by atoms with van der Waals surface area (Å²) in [5, 5.41) is 0. The van der Waals surface area contributed by atoms with Crippen molar-refractivity contribution in [3.8, 4) is 0 Å². The molecule has 1 aromatic heterocycles. The minimum Gasteiger partial charge on any atom is -0.464 e. The Morgan fingerprint density at radius 2 is 1.56 bits per heavy atom. The predicted molar refractivity (Wildman–Crippen MR) is 66.4 cm³/mol. The molecule has 0 spiro atoms. The topological polar surface area (TPSA) is 47.3 Å². The van der Waals surface area contributed by atoms with Crippen molar-refractivity contribution in [1.29, 1.82) is 0 Å². The Bertz CT molecular complexity index is 676. The Hall–Kier alpha value is -2.42. The van der Waals surface area contributed by atoms with Crippen LogP contribution in [0, 0.1) is 0 Å². The third-order valence-electron chi connectivity index (χ3n) is 3.13. The highest BCUT2D eigenvalue weighted by Gasteiger charge is 2.31. The lowest BCUT2D eigenvalue weighted by atomic mass is 9.84. The Morgan fingerprint density at radius 3 is 2.17 bits per heavy atom. The largest absolute Gasteiger partial charge is 0.464 e. The van der Waals surface area contributed by atoms with Gasteiger partial charge in [-0.1, -0.05) is 24.3 Å². The monoisotopic (exact) mass is 238 g/mol. The molecule has 88 valence electrons. The maximum Gasteiger partial charge on any atom is 0.197 e. The Balaban J connectivity index is 2.26. The molecule has 0 radical (unpaired) electrons. The van der Waals surface area contributed by atoms with Crippen LogP contribution in [-0.2, 0) is 0 Å². The number of benzene rings is 1. The fourth-order valence-electron chi connectivity index (χ4n) is 2.22. The maximum atomic E-state index is 12.4. The van der Waals surface area contributed by atoms with Gasteiger partial charge in [0.25, 0.3) is 0 Å². The first-order valence-corrected chi connectivity index (χ1v) is 5.63. The first-order chi connectivity index (χ1) is 8.70. The number of fused-ring (bicyclic) bond motifs is 1. The van der Waals surface area contributed by atoms with Crippen molar-refractivity contribution in [3.05, 3.63) is 65.1 Å². The van der Waals surface area contributed by atoms with Gasteiger partial charge in [-0.15, -0.1) is 0 Å². The number of Topliss-reactive ketones (excluding diaryl/α,β-unsaturated/α-hetero) is 2. The van der Waals surface area contributed by atoms with E-state index in [1.54, 1.807) is 43.3 Å². The summed E-state index contributed by atoms with van der Waals surface area (Å²) >= 11 is 0. The maximum absolute atomic E-state index is 12.4. The SMILES string of the molecule is CC1=C(c2ccco2)C(=O)c2ccccc2C1=O. The molecule has 0 atom stereocenters. The van der Waals surface area contributed by atoms with E-state index >= 15 is 0 Å². The van der Waals surface area contributed by atoms with Crippen LogP contribution in [0.4, 0.5) is 0 Å². The zero-order valence-electron chi connectivity index (χ0n) is 9.77. The number of rotatable bonds is 1. The molecular formula is C15H10O3. The lowest BCUT2D eigenvalue weighted by Crippen LogP contribution is -2.19. The minimum absolute atomic E-state index is 0.114. The lowest BCUT2D eigenvalue weighted by Gasteiger charge is -2.17. The first-order valence-electron chi connectivity index (χ1n) is 5.63. The summed E-state index contributed by atoms with van der Waals surface area (Å²) in [5.74, 6) is 0.176. The van der Waals surface area contributed by atoms with Crippen LogP contribution in [0.1, 0.15) is 33.4 Å². The molecule has 1 aliphatic carbocycles. The van der Waals surface area contributed by atoms with Gasteiger partial charge in [0.05, 0.1) is 11.8 Å². The van der Waals surface area contributed by atoms with Gasteiger partial charge in [0.1, 0.15) is 5.76 Å². The zero-order chi connectivity index (χ0) is 12.7. The van der Waals surface area contributed by atoms with Gasteiger partial charge < -0.3 is 4.42 Å². The number of furan rings is 1. The molecule has 1 heterocycles. The highest BCUT2D eigenvalue weighted by molar-refractivity contribution is 6.40. The number of ketones is 2. The van der Waals surface area contributed by atoms with Crippen LogP contribution in [0.25, 0.3) is 5.57 Å². The van der Waals surface area contributed by atoms with E-state index in [-0.39, 0.29) is 11.6 Å². The number of carbonyl (C=O) groups is 2. The third-order valence-corrected chi connectivity index (χ3v) is 3.13. The van der Waals surface area contributed by atoms with Crippen molar-refractivity contribution in [2.75, 3.05) is 0 Å². The molecule has 18 heavy (non-hydrogen) atoms. The summed E-state index contributed by atoms with van der Waals surface area (Å²) in [5.41, 5.74) is 1.71. The molecule has 2 aromatic rings. The summed E-state index contributed by atoms with van der Waals surface area (Å²) in [7, 11) is 0. The fraction of sp³-hybridized carbons (Fsp3) is 0.0667. The minimum atomic E-state index is -0.155. The Kier molecular flexibility index (Phi) is 2.27. The van der Waals surface area contributed by atoms with Gasteiger partial charge in [0.15, 0.2) is 11.6 Å². The van der Waals surface area contributed by atoms with Crippen LogP contribution in [-0.4, -0.2) is 11.6 Å². The average Bonchev–Trinajstić information content (AvgIpc) is 2.90. The summed E-state index contributed by atoms with van der Waals surface area (Å²) in [4.78, 5) is 24.6. The van der Waals surface area contributed by atoms with E-state index in [0.717, 1.165) is 0 Å². The van der Waals surface area contributed by atoms with E-state index in [1.165, 1.54) is 6.26 Å². The molecule has 3 heteroatoms. The van der Waals surface area contributed by atoms with Gasteiger partial charge >= 0.3 is 0 Å². The molecule has 0 saturated carbocycles. The molecule has 0 saturated heterocycles. The number of carbonyl (C=O) groups excluding carboxylic acids is 2. The van der Waals surface area contributed by atoms with E-state index in [4.69, 9.17) is 4.42 Å². The van der Waals surface area contributed by atoms with Crippen molar-refractivity contribution in [2.45, 2.75) is 6.92 Å². The van der Waals surface area contributed by atoms with Gasteiger partial charge in [-0.3, -0.25) is 9.59 Å². The molecule has 0 N–H and O–H groups in total. The molecule has 0 bridgehead atoms. The van der Waals surface area contributed by atoms with E-state index in [9.17, 15) is 9.59 Å². The second kappa shape index (κ2) is 3.81. The quantitative estimate of drug-likeness (QED) is 0.766. The van der Waals surface area contributed by atoms with Crippen LogP contribution >= 0.6 is 0 Å². The van der Waals surface area contributed by atoms with Gasteiger partial charge in [0, 0.05) is 16.7 Å². The highest BCUT2D eigenvalue weighted by atomic mass is 16.3. The fourth-order valence-corrected chi connectivity index (χ4v) is 2.22. The van der Waals surface area contributed by atoms with E-state index in [0.29, 0.717) is 28.0 Å². The average molecular weight is 238 g/mol. The standard InChI is InChI=1S/C15H10O3/c1-9-13(12-7-4-8-18-12)15(17)11-6-3-2-5-10(11)14(9)16/h2-8H,1H3. The van der Waals surface area contributed by atoms with Crippen LogP contribution in [0.3, 0.4) is 0 Å². The second-order valence-corrected chi connectivity index (χ2v) is 4.18. The van der Waals surface area contributed by atoms with Crippen molar-refractivity contribution in [2.24, 2.45) is 0 Å².